The van der Waals surface area contributed by atoms with E-state index in [1.165, 1.54) is 10.6 Å². The van der Waals surface area contributed by atoms with E-state index in [4.69, 9.17) is 23.8 Å². The summed E-state index contributed by atoms with van der Waals surface area (Å²) in [5.74, 6) is 0.145. The van der Waals surface area contributed by atoms with E-state index in [1.807, 2.05) is 42.5 Å². The number of carbonyl (C=O) groups is 1. The maximum Gasteiger partial charge on any atom is 0.435 e. The van der Waals surface area contributed by atoms with Crippen molar-refractivity contribution < 1.29 is 28.6 Å². The van der Waals surface area contributed by atoms with E-state index in [-0.39, 0.29) is 12.6 Å². The number of hydroxylamine groups is 2. The Hall–Kier alpha value is -3.07. The van der Waals surface area contributed by atoms with Crippen LogP contribution in [0.15, 0.2) is 54.6 Å². The molecule has 8 nitrogen and oxygen atoms in total. The van der Waals surface area contributed by atoms with Crippen molar-refractivity contribution in [3.63, 3.8) is 0 Å². The number of methoxy groups -OCH3 is 2. The monoisotopic (exact) mass is 476 g/mol. The van der Waals surface area contributed by atoms with Gasteiger partial charge in [-0.25, -0.2) is 9.63 Å². The number of nitrogens with zero attached hydrogens (tertiary/aromatic N) is 2. The predicted molar refractivity (Wildman–Crippen MR) is 125 cm³/mol. The van der Waals surface area contributed by atoms with Crippen LogP contribution >= 0.6 is 0 Å². The highest BCUT2D eigenvalue weighted by atomic mass is 16.8. The number of piperidine rings is 1. The third-order valence-electron chi connectivity index (χ3n) is 8.78. The van der Waals surface area contributed by atoms with E-state index in [2.05, 4.69) is 24.1 Å². The van der Waals surface area contributed by atoms with Crippen molar-refractivity contribution >= 4 is 6.09 Å². The zero-order valence-electron chi connectivity index (χ0n) is 20.0. The Labute approximate surface area is 203 Å². The van der Waals surface area contributed by atoms with Gasteiger partial charge in [-0.3, -0.25) is 0 Å². The molecule has 0 radical (unpaired) electrons. The second kappa shape index (κ2) is 7.00. The topological polar surface area (TPSA) is 69.7 Å². The maximum absolute atomic E-state index is 13.8. The Morgan fingerprint density at radius 1 is 1.14 bits per heavy atom. The van der Waals surface area contributed by atoms with E-state index < -0.39 is 28.9 Å². The number of likely N-dealkylation sites (N-methyl/N-ethyl adjacent to an activating group) is 1. The number of amides is 1. The Kier molecular flexibility index (Phi) is 4.24. The molecule has 8 rings (SSSR count). The molecule has 4 bridgehead atoms. The van der Waals surface area contributed by atoms with Gasteiger partial charge in [-0.05, 0) is 49.7 Å². The second-order valence-corrected chi connectivity index (χ2v) is 10.1. The number of hydrogen-bond donors (Lipinski definition) is 0. The number of hydrogen-bond acceptors (Lipinski definition) is 7. The first-order chi connectivity index (χ1) is 17.0. The van der Waals surface area contributed by atoms with Gasteiger partial charge < -0.3 is 23.8 Å². The van der Waals surface area contributed by atoms with E-state index in [0.29, 0.717) is 5.75 Å². The van der Waals surface area contributed by atoms with Crippen molar-refractivity contribution in [3.05, 3.63) is 71.3 Å². The molecule has 35 heavy (non-hydrogen) atoms. The molecule has 2 saturated heterocycles. The third kappa shape index (κ3) is 2.35. The molecular formula is C27H28N2O6. The molecule has 8 heteroatoms. The standard InChI is InChI=1S/C27H28N2O6/c1-28-14-13-25-21-18-9-10-19(31-2)22(21)34-23(25)27(32-3)12-11-26(25,20(28)15-18)29(35-27)24(30)33-16-17-7-5-4-6-8-17/h4-12,20,23H,13-16H2,1-3H3/t20-,23-,25+,26-,27-/m1/s1. The van der Waals surface area contributed by atoms with Crippen LogP contribution in [0, 0.1) is 0 Å². The van der Waals surface area contributed by atoms with E-state index in [0.717, 1.165) is 36.3 Å². The molecule has 6 aliphatic rings. The Morgan fingerprint density at radius 2 is 1.97 bits per heavy atom. The van der Waals surface area contributed by atoms with E-state index >= 15 is 0 Å². The van der Waals surface area contributed by atoms with Crippen LogP contribution in [-0.4, -0.2) is 67.3 Å². The molecule has 1 amide bonds. The van der Waals surface area contributed by atoms with Crippen LogP contribution in [0.2, 0.25) is 0 Å². The van der Waals surface area contributed by atoms with Gasteiger partial charge in [0.05, 0.1) is 12.5 Å². The van der Waals surface area contributed by atoms with Crippen LogP contribution in [-0.2, 0) is 32.8 Å². The summed E-state index contributed by atoms with van der Waals surface area (Å²) in [4.78, 5) is 22.5. The number of fused-ring (bicyclic) bond motifs is 1. The fourth-order valence-electron chi connectivity index (χ4n) is 7.29. The van der Waals surface area contributed by atoms with Crippen molar-refractivity contribution in [1.29, 1.82) is 0 Å². The SMILES string of the molecule is COc1ccc2c3c1O[C@H]1[C@@]4(OC)C=C[C@]5([C@@H](C2)N(C)CC[C@]315)N(C(=O)OCc1ccccc1)O4. The van der Waals surface area contributed by atoms with E-state index in [1.54, 1.807) is 14.2 Å². The minimum Gasteiger partial charge on any atom is -0.493 e. The first-order valence-corrected chi connectivity index (χ1v) is 12.0. The highest BCUT2D eigenvalue weighted by molar-refractivity contribution is 5.74. The molecular weight excluding hydrogens is 448 g/mol. The Balaban J connectivity index is 1.41. The van der Waals surface area contributed by atoms with Gasteiger partial charge in [0.2, 0.25) is 0 Å². The summed E-state index contributed by atoms with van der Waals surface area (Å²) >= 11 is 0. The lowest BCUT2D eigenvalue weighted by atomic mass is 9.47. The average molecular weight is 477 g/mol. The molecule has 0 saturated carbocycles. The van der Waals surface area contributed by atoms with Crippen molar-refractivity contribution in [3.8, 4) is 11.5 Å². The number of ether oxygens (including phenoxy) is 4. The van der Waals surface area contributed by atoms with Gasteiger partial charge in [0.25, 0.3) is 5.79 Å². The summed E-state index contributed by atoms with van der Waals surface area (Å²) in [7, 11) is 5.35. The number of rotatable bonds is 4. The lowest BCUT2D eigenvalue weighted by molar-refractivity contribution is -0.413. The molecule has 0 unspecified atom stereocenters. The predicted octanol–water partition coefficient (Wildman–Crippen LogP) is 3.19. The molecule has 2 fully saturated rings. The summed E-state index contributed by atoms with van der Waals surface area (Å²) < 4.78 is 24.2. The highest BCUT2D eigenvalue weighted by Crippen LogP contribution is 2.70. The fraction of sp³-hybridized carbons (Fsp3) is 0.444. The zero-order chi connectivity index (χ0) is 24.0. The average Bonchev–Trinajstić information content (AvgIpc) is 3.27. The van der Waals surface area contributed by atoms with Crippen LogP contribution in [0.4, 0.5) is 4.79 Å². The van der Waals surface area contributed by atoms with Crippen LogP contribution in [0.5, 0.6) is 11.5 Å². The summed E-state index contributed by atoms with van der Waals surface area (Å²) in [6, 6.07) is 13.7. The lowest BCUT2D eigenvalue weighted by Crippen LogP contribution is -2.87. The normalized spacial score (nSPS) is 35.5. The molecule has 182 valence electrons. The Morgan fingerprint density at radius 3 is 2.74 bits per heavy atom. The molecule has 4 aliphatic heterocycles. The molecule has 0 aromatic heterocycles. The molecule has 5 atom stereocenters. The van der Waals surface area contributed by atoms with Gasteiger partial charge >= 0.3 is 6.09 Å². The molecule has 2 spiro atoms. The number of benzene rings is 2. The van der Waals surface area contributed by atoms with Crippen LogP contribution < -0.4 is 9.47 Å². The Bertz CT molecular complexity index is 1250. The van der Waals surface area contributed by atoms with Crippen molar-refractivity contribution in [2.24, 2.45) is 0 Å². The van der Waals surface area contributed by atoms with Gasteiger partial charge in [0.1, 0.15) is 12.1 Å². The smallest absolute Gasteiger partial charge is 0.435 e. The van der Waals surface area contributed by atoms with Crippen LogP contribution in [0.1, 0.15) is 23.1 Å². The molecule has 0 N–H and O–H groups in total. The van der Waals surface area contributed by atoms with Crippen molar-refractivity contribution in [2.45, 2.75) is 48.3 Å². The molecule has 2 aromatic carbocycles. The summed E-state index contributed by atoms with van der Waals surface area (Å²) in [5.41, 5.74) is 1.87. The zero-order valence-corrected chi connectivity index (χ0v) is 20.0. The quantitative estimate of drug-likeness (QED) is 0.628. The number of likely N-dealkylation sites (tertiary alicyclic amines) is 1. The summed E-state index contributed by atoms with van der Waals surface area (Å²) in [6.07, 6.45) is 4.56. The van der Waals surface area contributed by atoms with Crippen LogP contribution in [0.25, 0.3) is 0 Å². The minimum atomic E-state index is -1.27. The fourth-order valence-corrected chi connectivity index (χ4v) is 7.29. The lowest BCUT2D eigenvalue weighted by Gasteiger charge is -2.70. The van der Waals surface area contributed by atoms with Gasteiger partial charge in [0.15, 0.2) is 17.6 Å². The van der Waals surface area contributed by atoms with Gasteiger partial charge in [-0.1, -0.05) is 42.5 Å². The molecule has 2 aromatic rings. The van der Waals surface area contributed by atoms with Crippen LogP contribution in [0.3, 0.4) is 0 Å². The highest BCUT2D eigenvalue weighted by Gasteiger charge is 2.82. The van der Waals surface area contributed by atoms with Gasteiger partial charge in [0, 0.05) is 18.7 Å². The minimum absolute atomic E-state index is 0.0233. The second-order valence-electron chi connectivity index (χ2n) is 10.1. The first-order valence-electron chi connectivity index (χ1n) is 12.0. The third-order valence-corrected chi connectivity index (χ3v) is 8.78. The summed E-state index contributed by atoms with van der Waals surface area (Å²) in [5, 5.41) is 1.46. The van der Waals surface area contributed by atoms with E-state index in [9.17, 15) is 4.79 Å². The first kappa shape index (κ1) is 21.2. The van der Waals surface area contributed by atoms with Gasteiger partial charge in [-0.2, -0.15) is 5.06 Å². The van der Waals surface area contributed by atoms with Crippen molar-refractivity contribution in [1.82, 2.24) is 9.96 Å². The van der Waals surface area contributed by atoms with Gasteiger partial charge in [-0.15, -0.1) is 0 Å². The largest absolute Gasteiger partial charge is 0.493 e. The van der Waals surface area contributed by atoms with Crippen molar-refractivity contribution in [2.75, 3.05) is 27.8 Å². The summed E-state index contributed by atoms with van der Waals surface area (Å²) in [6.45, 7) is 1.02. The molecule has 4 heterocycles. The molecule has 2 aliphatic carbocycles. The maximum atomic E-state index is 13.8. The number of carbonyl (C=O) groups excluding carboxylic acids is 1.